The Labute approximate surface area is 116 Å². The highest BCUT2D eigenvalue weighted by atomic mass is 19.3. The number of benzene rings is 1. The molecule has 0 aliphatic heterocycles. The minimum absolute atomic E-state index is 0.274. The molecule has 0 aliphatic carbocycles. The van der Waals surface area contributed by atoms with Crippen LogP contribution < -0.4 is 5.73 Å². The number of aromatic nitrogens is 2. The van der Waals surface area contributed by atoms with Crippen molar-refractivity contribution in [3.63, 3.8) is 0 Å². The molecule has 1 aromatic heterocycles. The van der Waals surface area contributed by atoms with E-state index in [1.54, 1.807) is 4.90 Å². The van der Waals surface area contributed by atoms with Crippen molar-refractivity contribution < 1.29 is 8.78 Å². The van der Waals surface area contributed by atoms with Crippen LogP contribution in [0, 0.1) is 0 Å². The van der Waals surface area contributed by atoms with Gasteiger partial charge in [-0.05, 0) is 25.1 Å². The summed E-state index contributed by atoms with van der Waals surface area (Å²) in [6, 6.07) is 7.41. The molecule has 0 saturated carbocycles. The number of halogens is 2. The zero-order valence-electron chi connectivity index (χ0n) is 11.4. The molecular weight excluding hydrogens is 262 g/mol. The maximum Gasteiger partial charge on any atom is 0.251 e. The van der Waals surface area contributed by atoms with Crippen LogP contribution in [0.15, 0.2) is 24.3 Å². The number of para-hydroxylation sites is 1. The predicted molar refractivity (Wildman–Crippen MR) is 75.5 cm³/mol. The lowest BCUT2D eigenvalue weighted by Gasteiger charge is -2.20. The number of nitrogen functional groups attached to an aromatic ring is 1. The molecule has 0 bridgehead atoms. The van der Waals surface area contributed by atoms with Crippen molar-refractivity contribution >= 4 is 16.7 Å². The second-order valence-electron chi connectivity index (χ2n) is 4.67. The zero-order valence-corrected chi connectivity index (χ0v) is 11.4. The molecule has 0 spiro atoms. The lowest BCUT2D eigenvalue weighted by atomic mass is 10.2. The Kier molecular flexibility index (Phi) is 4.79. The predicted octanol–water partition coefficient (Wildman–Crippen LogP) is 2.69. The molecule has 0 atom stereocenters. The van der Waals surface area contributed by atoms with Gasteiger partial charge in [0.25, 0.3) is 6.43 Å². The molecule has 0 saturated heterocycles. The first-order valence-corrected chi connectivity index (χ1v) is 6.61. The molecule has 4 nitrogen and oxygen atoms in total. The van der Waals surface area contributed by atoms with E-state index in [4.69, 9.17) is 5.73 Å². The van der Waals surface area contributed by atoms with Gasteiger partial charge in [0.05, 0.1) is 18.6 Å². The molecule has 0 radical (unpaired) electrons. The van der Waals surface area contributed by atoms with Crippen molar-refractivity contribution in [3.05, 3.63) is 30.1 Å². The van der Waals surface area contributed by atoms with Gasteiger partial charge in [0.2, 0.25) is 0 Å². The van der Waals surface area contributed by atoms with Crippen LogP contribution in [0.2, 0.25) is 0 Å². The first-order chi connectivity index (χ1) is 9.60. The minimum Gasteiger partial charge on any atom is -0.383 e. The third-order valence-electron chi connectivity index (χ3n) is 2.98. The van der Waals surface area contributed by atoms with Crippen LogP contribution in [-0.2, 0) is 6.54 Å². The number of nitrogens with zero attached hydrogens (tertiary/aromatic N) is 3. The summed E-state index contributed by atoms with van der Waals surface area (Å²) in [4.78, 5) is 10.2. The Hall–Kier alpha value is -1.82. The van der Waals surface area contributed by atoms with Crippen molar-refractivity contribution in [2.75, 3.05) is 18.8 Å². The van der Waals surface area contributed by atoms with Gasteiger partial charge in [-0.1, -0.05) is 19.1 Å². The summed E-state index contributed by atoms with van der Waals surface area (Å²) in [6.07, 6.45) is -1.56. The van der Waals surface area contributed by atoms with E-state index in [2.05, 4.69) is 9.97 Å². The second kappa shape index (κ2) is 6.56. The molecule has 2 N–H and O–H groups in total. The van der Waals surface area contributed by atoms with Crippen LogP contribution in [0.1, 0.15) is 19.2 Å². The molecule has 20 heavy (non-hydrogen) atoms. The number of rotatable bonds is 6. The van der Waals surface area contributed by atoms with E-state index in [0.717, 1.165) is 17.3 Å². The first-order valence-electron chi connectivity index (χ1n) is 6.61. The average Bonchev–Trinajstić information content (AvgIpc) is 2.38. The van der Waals surface area contributed by atoms with Crippen molar-refractivity contribution in [1.82, 2.24) is 14.9 Å². The van der Waals surface area contributed by atoms with Crippen LogP contribution in [0.3, 0.4) is 0 Å². The van der Waals surface area contributed by atoms with E-state index in [1.165, 1.54) is 0 Å². The van der Waals surface area contributed by atoms with Gasteiger partial charge in [-0.2, -0.15) is 0 Å². The Bertz CT molecular complexity index is 574. The normalized spacial score (nSPS) is 11.7. The molecular formula is C14H18F2N4. The lowest BCUT2D eigenvalue weighted by Crippen LogP contribution is -2.30. The largest absolute Gasteiger partial charge is 0.383 e. The fraction of sp³-hybridized carbons (Fsp3) is 0.429. The standard InChI is InChI=1S/C14H18F2N4/c1-2-7-20(8-12(15)16)9-13-18-11-6-4-3-5-10(11)14(17)19-13/h3-6,12H,2,7-9H2,1H3,(H2,17,18,19). The highest BCUT2D eigenvalue weighted by Gasteiger charge is 2.14. The van der Waals surface area contributed by atoms with E-state index < -0.39 is 6.43 Å². The maximum absolute atomic E-state index is 12.5. The Balaban J connectivity index is 2.23. The number of alkyl halides is 2. The van der Waals surface area contributed by atoms with E-state index in [1.807, 2.05) is 31.2 Å². The summed E-state index contributed by atoms with van der Waals surface area (Å²) in [5, 5.41) is 0.784. The van der Waals surface area contributed by atoms with E-state index in [9.17, 15) is 8.78 Å². The maximum atomic E-state index is 12.5. The number of hydrogen-bond donors (Lipinski definition) is 1. The highest BCUT2D eigenvalue weighted by molar-refractivity contribution is 5.87. The van der Waals surface area contributed by atoms with Crippen molar-refractivity contribution in [2.45, 2.75) is 26.3 Å². The summed E-state index contributed by atoms with van der Waals surface area (Å²) >= 11 is 0. The average molecular weight is 280 g/mol. The molecule has 0 aliphatic rings. The summed E-state index contributed by atoms with van der Waals surface area (Å²) in [5.74, 6) is 0.870. The first kappa shape index (κ1) is 14.6. The van der Waals surface area contributed by atoms with Gasteiger partial charge in [0, 0.05) is 5.39 Å². The van der Waals surface area contributed by atoms with Gasteiger partial charge in [0.1, 0.15) is 11.6 Å². The minimum atomic E-state index is -2.36. The third kappa shape index (κ3) is 3.60. The Morgan fingerprint density at radius 3 is 2.70 bits per heavy atom. The van der Waals surface area contributed by atoms with Gasteiger partial charge in [-0.15, -0.1) is 0 Å². The summed E-state index contributed by atoms with van der Waals surface area (Å²) < 4.78 is 25.1. The Morgan fingerprint density at radius 2 is 2.00 bits per heavy atom. The SMILES string of the molecule is CCCN(Cc1nc(N)c2ccccc2n1)CC(F)F. The van der Waals surface area contributed by atoms with Gasteiger partial charge < -0.3 is 5.73 Å². The molecule has 0 amide bonds. The summed E-state index contributed by atoms with van der Waals surface area (Å²) in [7, 11) is 0. The van der Waals surface area contributed by atoms with Crippen molar-refractivity contribution in [3.8, 4) is 0 Å². The van der Waals surface area contributed by atoms with Gasteiger partial charge >= 0.3 is 0 Å². The second-order valence-corrected chi connectivity index (χ2v) is 4.67. The molecule has 6 heteroatoms. The summed E-state index contributed by atoms with van der Waals surface area (Å²) in [5.41, 5.74) is 6.63. The highest BCUT2D eigenvalue weighted by Crippen LogP contribution is 2.17. The van der Waals surface area contributed by atoms with E-state index in [-0.39, 0.29) is 13.1 Å². The van der Waals surface area contributed by atoms with Crippen LogP contribution >= 0.6 is 0 Å². The molecule has 2 rings (SSSR count). The van der Waals surface area contributed by atoms with E-state index in [0.29, 0.717) is 18.2 Å². The number of fused-ring (bicyclic) bond motifs is 1. The third-order valence-corrected chi connectivity index (χ3v) is 2.98. The van der Waals surface area contributed by atoms with Crippen LogP contribution in [0.4, 0.5) is 14.6 Å². The molecule has 0 fully saturated rings. The Morgan fingerprint density at radius 1 is 1.25 bits per heavy atom. The quantitative estimate of drug-likeness (QED) is 0.884. The van der Waals surface area contributed by atoms with Crippen molar-refractivity contribution in [2.24, 2.45) is 0 Å². The molecule has 1 heterocycles. The number of hydrogen-bond acceptors (Lipinski definition) is 4. The smallest absolute Gasteiger partial charge is 0.251 e. The van der Waals surface area contributed by atoms with E-state index >= 15 is 0 Å². The zero-order chi connectivity index (χ0) is 14.5. The van der Waals surface area contributed by atoms with Gasteiger partial charge in [-0.3, -0.25) is 4.90 Å². The topological polar surface area (TPSA) is 55.0 Å². The fourth-order valence-corrected chi connectivity index (χ4v) is 2.17. The van der Waals surface area contributed by atoms with Crippen molar-refractivity contribution in [1.29, 1.82) is 0 Å². The van der Waals surface area contributed by atoms with Crippen LogP contribution in [-0.4, -0.2) is 34.4 Å². The monoisotopic (exact) mass is 280 g/mol. The summed E-state index contributed by atoms with van der Waals surface area (Å²) in [6.45, 7) is 2.55. The molecule has 0 unspecified atom stereocenters. The lowest BCUT2D eigenvalue weighted by molar-refractivity contribution is 0.0835. The van der Waals surface area contributed by atoms with Gasteiger partial charge in [0.15, 0.2) is 0 Å². The molecule has 2 aromatic rings. The molecule has 1 aromatic carbocycles. The fourth-order valence-electron chi connectivity index (χ4n) is 2.17. The van der Waals surface area contributed by atoms with Crippen LogP contribution in [0.5, 0.6) is 0 Å². The molecule has 108 valence electrons. The number of nitrogens with two attached hydrogens (primary N) is 1. The van der Waals surface area contributed by atoms with Crippen LogP contribution in [0.25, 0.3) is 10.9 Å². The number of anilines is 1. The van der Waals surface area contributed by atoms with Gasteiger partial charge in [-0.25, -0.2) is 18.7 Å².